The molecule has 6 amide bonds. The highest BCUT2D eigenvalue weighted by Gasteiger charge is 2.82. The summed E-state index contributed by atoms with van der Waals surface area (Å²) in [5, 5.41) is 25.0. The first kappa shape index (κ1) is 24.9. The van der Waals surface area contributed by atoms with Crippen molar-refractivity contribution in [1.29, 1.82) is 0 Å². The topological polar surface area (TPSA) is 213 Å². The standard InChI is InChI=1S/C20H27N5O11S/c1-19-13-14-20(19,2)16(29)22-18(31)25(14)12-4-8(27)10(36-12)6-34-37(32,33)23-7-3-11(35-9(7)5-26)24(13)17(30)21-15(19)28/h7-14,23,26-27H,3-6H2,1-2H3,(H,21,28,30)(H,22,29,31)/t7-,8-,9+,10+,11+,12+,13-,14+,19+,20-/m0/s1. The fourth-order valence-corrected chi connectivity index (χ4v) is 7.81. The summed E-state index contributed by atoms with van der Waals surface area (Å²) in [6.45, 7) is 1.87. The number of imide groups is 2. The zero-order chi connectivity index (χ0) is 26.7. The van der Waals surface area contributed by atoms with Gasteiger partial charge in [0.15, 0.2) is 0 Å². The van der Waals surface area contributed by atoms with Gasteiger partial charge in [-0.25, -0.2) is 9.59 Å². The maximum Gasteiger partial charge on any atom is 0.336 e. The molecule has 6 rings (SSSR count). The Hall–Kier alpha value is -2.41. The second-order valence-corrected chi connectivity index (χ2v) is 11.9. The first-order chi connectivity index (χ1) is 17.3. The van der Waals surface area contributed by atoms with Crippen LogP contribution in [0.2, 0.25) is 0 Å². The smallest absolute Gasteiger partial charge is 0.336 e. The van der Waals surface area contributed by atoms with Crippen LogP contribution in [0.1, 0.15) is 26.7 Å². The number of ether oxygens (including phenoxy) is 2. The molecule has 10 atom stereocenters. The summed E-state index contributed by atoms with van der Waals surface area (Å²) in [5.41, 5.74) is -3.01. The molecule has 5 saturated heterocycles. The highest BCUT2D eigenvalue weighted by atomic mass is 32.2. The minimum atomic E-state index is -4.41. The van der Waals surface area contributed by atoms with E-state index in [-0.39, 0.29) is 12.8 Å². The number of nitrogens with zero attached hydrogens (tertiary/aromatic N) is 2. The largest absolute Gasteiger partial charge is 0.394 e. The predicted molar refractivity (Wildman–Crippen MR) is 116 cm³/mol. The van der Waals surface area contributed by atoms with E-state index in [1.807, 2.05) is 0 Å². The van der Waals surface area contributed by atoms with Crippen LogP contribution >= 0.6 is 0 Å². The number of carbonyl (C=O) groups excluding carboxylic acids is 4. The van der Waals surface area contributed by atoms with Crippen molar-refractivity contribution in [2.75, 3.05) is 13.2 Å². The lowest BCUT2D eigenvalue weighted by Crippen LogP contribution is -2.92. The average molecular weight is 546 g/mol. The van der Waals surface area contributed by atoms with Crippen molar-refractivity contribution in [3.63, 3.8) is 0 Å². The summed E-state index contributed by atoms with van der Waals surface area (Å²) in [7, 11) is -4.41. The fraction of sp³-hybridized carbons (Fsp3) is 0.800. The van der Waals surface area contributed by atoms with Gasteiger partial charge in [0.05, 0.1) is 54.4 Å². The lowest BCUT2D eigenvalue weighted by atomic mass is 9.42. The van der Waals surface area contributed by atoms with Crippen LogP contribution < -0.4 is 15.4 Å². The van der Waals surface area contributed by atoms with E-state index in [1.165, 1.54) is 23.6 Å². The van der Waals surface area contributed by atoms with Crippen LogP contribution in [0.4, 0.5) is 9.59 Å². The summed E-state index contributed by atoms with van der Waals surface area (Å²) >= 11 is 0. The molecule has 6 fully saturated rings. The van der Waals surface area contributed by atoms with Crippen molar-refractivity contribution in [2.24, 2.45) is 10.8 Å². The third kappa shape index (κ3) is 3.12. The second kappa shape index (κ2) is 7.81. The van der Waals surface area contributed by atoms with Crippen LogP contribution in [0.3, 0.4) is 0 Å². The van der Waals surface area contributed by atoms with E-state index < -0.39 is 107 Å². The Morgan fingerprint density at radius 2 is 1.49 bits per heavy atom. The van der Waals surface area contributed by atoms with Crippen molar-refractivity contribution in [3.8, 4) is 0 Å². The number of urea groups is 2. The molecular formula is C20H27N5O11S. The van der Waals surface area contributed by atoms with E-state index in [1.54, 1.807) is 0 Å². The zero-order valence-electron chi connectivity index (χ0n) is 19.8. The lowest BCUT2D eigenvalue weighted by Gasteiger charge is -2.72. The molecule has 5 aliphatic heterocycles. The van der Waals surface area contributed by atoms with Gasteiger partial charge >= 0.3 is 22.4 Å². The quantitative estimate of drug-likeness (QED) is 0.220. The van der Waals surface area contributed by atoms with Gasteiger partial charge in [-0.15, -0.1) is 0 Å². The Morgan fingerprint density at radius 1 is 0.946 bits per heavy atom. The second-order valence-electron chi connectivity index (χ2n) is 10.6. The van der Waals surface area contributed by atoms with Gasteiger partial charge in [-0.2, -0.15) is 13.1 Å². The predicted octanol–water partition coefficient (Wildman–Crippen LogP) is -3.33. The van der Waals surface area contributed by atoms with E-state index in [9.17, 15) is 37.8 Å². The van der Waals surface area contributed by atoms with Crippen LogP contribution in [0.25, 0.3) is 0 Å². The van der Waals surface area contributed by atoms with Crippen molar-refractivity contribution in [1.82, 2.24) is 25.2 Å². The van der Waals surface area contributed by atoms with E-state index >= 15 is 0 Å². The number of fused-ring (bicyclic) bond motifs is 7. The number of rotatable bonds is 1. The fourth-order valence-electron chi connectivity index (χ4n) is 6.81. The molecule has 0 spiro atoms. The van der Waals surface area contributed by atoms with E-state index in [0.29, 0.717) is 0 Å². The molecule has 0 unspecified atom stereocenters. The molecule has 17 heteroatoms. The van der Waals surface area contributed by atoms with Crippen molar-refractivity contribution in [3.05, 3.63) is 0 Å². The first-order valence-electron chi connectivity index (χ1n) is 11.9. The van der Waals surface area contributed by atoms with Crippen LogP contribution in [0.15, 0.2) is 0 Å². The summed E-state index contributed by atoms with van der Waals surface area (Å²) < 4.78 is 44.2. The van der Waals surface area contributed by atoms with Gasteiger partial charge in [-0.3, -0.25) is 34.2 Å². The summed E-state index contributed by atoms with van der Waals surface area (Å²) in [6.07, 6.45) is -5.91. The average Bonchev–Trinajstić information content (AvgIpc) is 3.38. The van der Waals surface area contributed by atoms with E-state index in [4.69, 9.17) is 13.7 Å². The Balaban J connectivity index is 1.50. The van der Waals surface area contributed by atoms with Crippen LogP contribution in [0.5, 0.6) is 0 Å². The highest BCUT2D eigenvalue weighted by molar-refractivity contribution is 7.84. The molecule has 16 nitrogen and oxygen atoms in total. The molecule has 1 aliphatic carbocycles. The number of hydrogen-bond acceptors (Lipinski definition) is 11. The van der Waals surface area contributed by atoms with Gasteiger partial charge in [0.25, 0.3) is 0 Å². The maximum absolute atomic E-state index is 13.2. The Kier molecular flexibility index (Phi) is 5.26. The molecule has 5 heterocycles. The molecular weight excluding hydrogens is 518 g/mol. The number of nitrogens with one attached hydrogen (secondary N) is 3. The van der Waals surface area contributed by atoms with Gasteiger partial charge in [0.2, 0.25) is 11.8 Å². The van der Waals surface area contributed by atoms with Crippen molar-refractivity contribution < 1.29 is 51.5 Å². The molecule has 0 radical (unpaired) electrons. The Bertz CT molecular complexity index is 1200. The molecule has 1 saturated carbocycles. The van der Waals surface area contributed by atoms with E-state index in [0.717, 1.165) is 0 Å². The third-order valence-electron chi connectivity index (χ3n) is 8.94. The van der Waals surface area contributed by atoms with Gasteiger partial charge in [-0.05, 0) is 13.8 Å². The minimum Gasteiger partial charge on any atom is -0.394 e. The van der Waals surface area contributed by atoms with Gasteiger partial charge in [0.1, 0.15) is 18.6 Å². The molecule has 0 aromatic carbocycles. The molecule has 4 bridgehead atoms. The SMILES string of the molecule is C[C@]12C(=O)NC(=O)N3[C@H]1[C@H]1N(C(=O)NC(=O)[C@]12C)[C@H]1C[C@H](O)[C@@H](COS(=O)(=O)N[C@H]2C[C@H]3O[C@@H]2CO)O1. The molecule has 0 aromatic rings. The van der Waals surface area contributed by atoms with Crippen LogP contribution in [-0.2, 0) is 33.6 Å². The van der Waals surface area contributed by atoms with Crippen LogP contribution in [-0.4, -0.2) is 114 Å². The molecule has 6 aliphatic rings. The summed E-state index contributed by atoms with van der Waals surface area (Å²) in [6, 6.07) is -4.81. The summed E-state index contributed by atoms with van der Waals surface area (Å²) in [4.78, 5) is 55.2. The number of aliphatic hydroxyl groups excluding tert-OH is 2. The number of aliphatic hydroxyl groups is 2. The lowest BCUT2D eigenvalue weighted by molar-refractivity contribution is -0.242. The monoisotopic (exact) mass is 545 g/mol. The zero-order valence-corrected chi connectivity index (χ0v) is 20.6. The first-order valence-corrected chi connectivity index (χ1v) is 13.3. The van der Waals surface area contributed by atoms with E-state index in [2.05, 4.69) is 15.4 Å². The van der Waals surface area contributed by atoms with Crippen molar-refractivity contribution >= 4 is 34.2 Å². The summed E-state index contributed by atoms with van der Waals surface area (Å²) in [5.74, 6) is -1.41. The highest BCUT2D eigenvalue weighted by Crippen LogP contribution is 2.64. The normalized spacial score (nSPS) is 48.5. The molecule has 0 aromatic heterocycles. The maximum atomic E-state index is 13.2. The molecule has 204 valence electrons. The number of carbonyl (C=O) groups is 4. The van der Waals surface area contributed by atoms with Gasteiger partial charge in [0, 0.05) is 12.8 Å². The van der Waals surface area contributed by atoms with Gasteiger partial charge in [-0.1, -0.05) is 0 Å². The Morgan fingerprint density at radius 3 is 2.03 bits per heavy atom. The third-order valence-corrected chi connectivity index (χ3v) is 9.98. The van der Waals surface area contributed by atoms with Crippen molar-refractivity contribution in [2.45, 2.75) is 75.6 Å². The number of hydrogen-bond donors (Lipinski definition) is 5. The van der Waals surface area contributed by atoms with Crippen LogP contribution in [0, 0.1) is 10.8 Å². The van der Waals surface area contributed by atoms with Gasteiger partial charge < -0.3 is 19.7 Å². The minimum absolute atomic E-state index is 0.114. The Labute approximate surface area is 210 Å². The number of amides is 6. The molecule has 37 heavy (non-hydrogen) atoms. The molecule has 5 N–H and O–H groups in total.